The molecule has 0 bridgehead atoms. The molecule has 0 radical (unpaired) electrons. The summed E-state index contributed by atoms with van der Waals surface area (Å²) in [7, 11) is 6.58. The normalized spacial score (nSPS) is 10.4. The number of benzene rings is 3. The Morgan fingerprint density at radius 3 is 2.21 bits per heavy atom. The van der Waals surface area contributed by atoms with Gasteiger partial charge in [-0.3, -0.25) is 0 Å². The second-order valence-electron chi connectivity index (χ2n) is 7.51. The molecule has 0 saturated carbocycles. The standard InChI is InChI=1S/C26H30N2O5/c1-28(16-21-10-13-24(31-3)15-25(21)32-4)26(29)27-22-7-5-6-20(14-22)18-33-17-19-8-11-23(30-2)12-9-19/h5-15H,16-18H2,1-4H3,(H,27,29). The average Bonchev–Trinajstić information content (AvgIpc) is 2.85. The number of methoxy groups -OCH3 is 3. The van der Waals surface area contributed by atoms with Gasteiger partial charge in [0.15, 0.2) is 0 Å². The van der Waals surface area contributed by atoms with E-state index in [-0.39, 0.29) is 6.03 Å². The number of amides is 2. The maximum atomic E-state index is 12.7. The van der Waals surface area contributed by atoms with Gasteiger partial charge in [0.25, 0.3) is 0 Å². The molecule has 0 aromatic heterocycles. The van der Waals surface area contributed by atoms with Gasteiger partial charge in [0.05, 0.1) is 41.1 Å². The molecular formula is C26H30N2O5. The van der Waals surface area contributed by atoms with Crippen LogP contribution in [0.25, 0.3) is 0 Å². The number of ether oxygens (including phenoxy) is 4. The fourth-order valence-electron chi connectivity index (χ4n) is 3.28. The first-order chi connectivity index (χ1) is 16.0. The predicted molar refractivity (Wildman–Crippen MR) is 128 cm³/mol. The molecule has 1 N–H and O–H groups in total. The van der Waals surface area contributed by atoms with E-state index >= 15 is 0 Å². The van der Waals surface area contributed by atoms with Crippen molar-refractivity contribution in [1.29, 1.82) is 0 Å². The molecule has 0 heterocycles. The summed E-state index contributed by atoms with van der Waals surface area (Å²) in [5.41, 5.74) is 3.63. The Bertz CT molecular complexity index is 1050. The summed E-state index contributed by atoms with van der Waals surface area (Å²) in [6, 6.07) is 20.7. The SMILES string of the molecule is COc1ccc(COCc2cccc(NC(=O)N(C)Cc3ccc(OC)cc3OC)c2)cc1. The number of nitrogens with zero attached hydrogens (tertiary/aromatic N) is 1. The van der Waals surface area contributed by atoms with Crippen molar-refractivity contribution in [3.05, 3.63) is 83.4 Å². The third-order valence-corrected chi connectivity index (χ3v) is 5.12. The molecule has 3 aromatic rings. The maximum Gasteiger partial charge on any atom is 0.321 e. The Hall–Kier alpha value is -3.71. The van der Waals surface area contributed by atoms with Gasteiger partial charge in [-0.1, -0.05) is 24.3 Å². The topological polar surface area (TPSA) is 69.3 Å². The van der Waals surface area contributed by atoms with Crippen LogP contribution in [0.4, 0.5) is 10.5 Å². The molecule has 0 aliphatic heterocycles. The summed E-state index contributed by atoms with van der Waals surface area (Å²) in [5, 5.41) is 2.94. The summed E-state index contributed by atoms with van der Waals surface area (Å²) in [6.07, 6.45) is 0. The molecule has 0 saturated heterocycles. The van der Waals surface area contributed by atoms with E-state index in [1.165, 1.54) is 0 Å². The molecule has 2 amide bonds. The minimum absolute atomic E-state index is 0.218. The van der Waals surface area contributed by atoms with Crippen molar-refractivity contribution < 1.29 is 23.7 Å². The zero-order valence-electron chi connectivity index (χ0n) is 19.5. The maximum absolute atomic E-state index is 12.7. The van der Waals surface area contributed by atoms with Crippen molar-refractivity contribution in [1.82, 2.24) is 4.90 Å². The Balaban J connectivity index is 1.53. The van der Waals surface area contributed by atoms with Crippen LogP contribution in [0.2, 0.25) is 0 Å². The number of nitrogens with one attached hydrogen (secondary N) is 1. The van der Waals surface area contributed by atoms with Gasteiger partial charge in [0, 0.05) is 24.4 Å². The minimum Gasteiger partial charge on any atom is -0.497 e. The summed E-state index contributed by atoms with van der Waals surface area (Å²) in [6.45, 7) is 1.32. The van der Waals surface area contributed by atoms with Crippen LogP contribution in [0.3, 0.4) is 0 Å². The van der Waals surface area contributed by atoms with Crippen LogP contribution >= 0.6 is 0 Å². The van der Waals surface area contributed by atoms with Crippen molar-refractivity contribution in [2.75, 3.05) is 33.7 Å². The number of anilines is 1. The van der Waals surface area contributed by atoms with Crippen molar-refractivity contribution in [2.24, 2.45) is 0 Å². The zero-order chi connectivity index (χ0) is 23.6. The summed E-state index contributed by atoms with van der Waals surface area (Å²) < 4.78 is 21.6. The first-order valence-corrected chi connectivity index (χ1v) is 10.5. The lowest BCUT2D eigenvalue weighted by atomic mass is 10.2. The number of carbonyl (C=O) groups is 1. The molecular weight excluding hydrogens is 420 g/mol. The molecule has 0 atom stereocenters. The van der Waals surface area contributed by atoms with Crippen LogP contribution in [-0.2, 0) is 24.5 Å². The van der Waals surface area contributed by atoms with Gasteiger partial charge in [0.2, 0.25) is 0 Å². The van der Waals surface area contributed by atoms with E-state index < -0.39 is 0 Å². The van der Waals surface area contributed by atoms with Crippen molar-refractivity contribution in [3.63, 3.8) is 0 Å². The van der Waals surface area contributed by atoms with Crippen LogP contribution in [0.5, 0.6) is 17.2 Å². The van der Waals surface area contributed by atoms with E-state index in [1.54, 1.807) is 39.3 Å². The molecule has 7 heteroatoms. The van der Waals surface area contributed by atoms with Gasteiger partial charge < -0.3 is 29.2 Å². The van der Waals surface area contributed by atoms with E-state index in [0.29, 0.717) is 36.9 Å². The van der Waals surface area contributed by atoms with Crippen molar-refractivity contribution in [2.45, 2.75) is 19.8 Å². The van der Waals surface area contributed by atoms with Crippen molar-refractivity contribution in [3.8, 4) is 17.2 Å². The smallest absolute Gasteiger partial charge is 0.321 e. The molecule has 0 aliphatic carbocycles. The zero-order valence-corrected chi connectivity index (χ0v) is 19.5. The quantitative estimate of drug-likeness (QED) is 0.466. The molecule has 0 unspecified atom stereocenters. The van der Waals surface area contributed by atoms with Gasteiger partial charge in [-0.05, 0) is 47.5 Å². The number of urea groups is 1. The van der Waals surface area contributed by atoms with Gasteiger partial charge in [-0.15, -0.1) is 0 Å². The van der Waals surface area contributed by atoms with E-state index in [4.69, 9.17) is 18.9 Å². The second kappa shape index (κ2) is 11.8. The Kier molecular flexibility index (Phi) is 8.55. The van der Waals surface area contributed by atoms with E-state index in [0.717, 1.165) is 22.4 Å². The lowest BCUT2D eigenvalue weighted by Crippen LogP contribution is -2.31. The Morgan fingerprint density at radius 2 is 1.52 bits per heavy atom. The van der Waals surface area contributed by atoms with Gasteiger partial charge in [-0.25, -0.2) is 4.79 Å². The highest BCUT2D eigenvalue weighted by Gasteiger charge is 2.13. The number of hydrogen-bond acceptors (Lipinski definition) is 5. The summed E-state index contributed by atoms with van der Waals surface area (Å²) in [4.78, 5) is 14.3. The molecule has 0 spiro atoms. The van der Waals surface area contributed by atoms with Gasteiger partial charge in [0.1, 0.15) is 17.2 Å². The van der Waals surface area contributed by atoms with Crippen LogP contribution in [-0.4, -0.2) is 39.3 Å². The van der Waals surface area contributed by atoms with Gasteiger partial charge >= 0.3 is 6.03 Å². The Morgan fingerprint density at radius 1 is 0.818 bits per heavy atom. The highest BCUT2D eigenvalue weighted by molar-refractivity contribution is 5.89. The van der Waals surface area contributed by atoms with Crippen LogP contribution < -0.4 is 19.5 Å². The van der Waals surface area contributed by atoms with Crippen molar-refractivity contribution >= 4 is 11.7 Å². The highest BCUT2D eigenvalue weighted by atomic mass is 16.5. The number of hydrogen-bond donors (Lipinski definition) is 1. The molecule has 3 aromatic carbocycles. The highest BCUT2D eigenvalue weighted by Crippen LogP contribution is 2.25. The molecule has 33 heavy (non-hydrogen) atoms. The largest absolute Gasteiger partial charge is 0.497 e. The molecule has 0 aliphatic rings. The molecule has 3 rings (SSSR count). The third-order valence-electron chi connectivity index (χ3n) is 5.12. The number of rotatable bonds is 10. The lowest BCUT2D eigenvalue weighted by Gasteiger charge is -2.20. The number of carbonyl (C=O) groups excluding carboxylic acids is 1. The minimum atomic E-state index is -0.218. The second-order valence-corrected chi connectivity index (χ2v) is 7.51. The van der Waals surface area contributed by atoms with E-state index in [2.05, 4.69) is 5.32 Å². The Labute approximate surface area is 194 Å². The van der Waals surface area contributed by atoms with Crippen LogP contribution in [0.15, 0.2) is 66.7 Å². The predicted octanol–water partition coefficient (Wildman–Crippen LogP) is 5.09. The lowest BCUT2D eigenvalue weighted by molar-refractivity contribution is 0.107. The first-order valence-electron chi connectivity index (χ1n) is 10.5. The fraction of sp³-hybridized carbons (Fsp3) is 0.269. The first kappa shape index (κ1) is 23.9. The molecule has 174 valence electrons. The molecule has 0 fully saturated rings. The molecule has 7 nitrogen and oxygen atoms in total. The van der Waals surface area contributed by atoms with Gasteiger partial charge in [-0.2, -0.15) is 0 Å². The summed E-state index contributed by atoms with van der Waals surface area (Å²) >= 11 is 0. The van der Waals surface area contributed by atoms with E-state index in [1.807, 2.05) is 60.7 Å². The third kappa shape index (κ3) is 6.89. The summed E-state index contributed by atoms with van der Waals surface area (Å²) in [5.74, 6) is 2.19. The van der Waals surface area contributed by atoms with Crippen LogP contribution in [0, 0.1) is 0 Å². The average molecular weight is 451 g/mol. The van der Waals surface area contributed by atoms with Crippen LogP contribution in [0.1, 0.15) is 16.7 Å². The van der Waals surface area contributed by atoms with E-state index in [9.17, 15) is 4.79 Å². The monoisotopic (exact) mass is 450 g/mol. The fourth-order valence-corrected chi connectivity index (χ4v) is 3.28.